The molecule has 0 spiro atoms. The van der Waals surface area contributed by atoms with Gasteiger partial charge in [-0.2, -0.15) is 0 Å². The number of rotatable bonds is 7. The van der Waals surface area contributed by atoms with Crippen LogP contribution in [-0.2, 0) is 13.0 Å². The van der Waals surface area contributed by atoms with Crippen molar-refractivity contribution in [2.24, 2.45) is 0 Å². The summed E-state index contributed by atoms with van der Waals surface area (Å²) in [6, 6.07) is 13.4. The quantitative estimate of drug-likeness (QED) is 0.489. The number of hydrogen-bond acceptors (Lipinski definition) is 5. The van der Waals surface area contributed by atoms with Gasteiger partial charge in [0.15, 0.2) is 0 Å². The fourth-order valence-corrected chi connectivity index (χ4v) is 4.21. The Bertz CT molecular complexity index is 947. The Morgan fingerprint density at radius 3 is 2.81 bits per heavy atom. The number of nitrogens with zero attached hydrogens (tertiary/aromatic N) is 1. The minimum Gasteiger partial charge on any atom is -0.493 e. The predicted octanol–water partition coefficient (Wildman–Crippen LogP) is 4.19. The maximum Gasteiger partial charge on any atom is 0.254 e. The lowest BCUT2D eigenvalue weighted by atomic mass is 10.1. The number of nitrogens with two attached hydrogens (primary N) is 1. The van der Waals surface area contributed by atoms with E-state index < -0.39 is 0 Å². The summed E-state index contributed by atoms with van der Waals surface area (Å²) in [5.74, 6) is 0.609. The summed E-state index contributed by atoms with van der Waals surface area (Å²) in [4.78, 5) is 13.7. The zero-order chi connectivity index (χ0) is 18.5. The number of thiophene rings is 1. The van der Waals surface area contributed by atoms with E-state index in [1.54, 1.807) is 39.9 Å². The lowest BCUT2D eigenvalue weighted by molar-refractivity contribution is 0.321. The van der Waals surface area contributed by atoms with Crippen LogP contribution in [0.2, 0.25) is 0 Å². The van der Waals surface area contributed by atoms with Gasteiger partial charge in [0.25, 0.3) is 5.56 Å². The molecule has 1 aromatic carbocycles. The van der Waals surface area contributed by atoms with E-state index in [0.717, 1.165) is 23.2 Å². The van der Waals surface area contributed by atoms with E-state index in [1.807, 2.05) is 31.2 Å². The SMILES string of the molecule is CSc1ccc(CCOc2ccn(Cc3cccc(N)c3C)c(=O)c2)s1. The Morgan fingerprint density at radius 2 is 2.08 bits per heavy atom. The first-order chi connectivity index (χ1) is 12.6. The molecular weight excluding hydrogens is 364 g/mol. The topological polar surface area (TPSA) is 57.2 Å². The Labute approximate surface area is 161 Å². The lowest BCUT2D eigenvalue weighted by Crippen LogP contribution is -2.20. The van der Waals surface area contributed by atoms with Crippen LogP contribution in [0.1, 0.15) is 16.0 Å². The molecule has 0 radical (unpaired) electrons. The van der Waals surface area contributed by atoms with E-state index in [2.05, 4.69) is 18.4 Å². The molecule has 0 saturated carbocycles. The summed E-state index contributed by atoms with van der Waals surface area (Å²) in [5, 5.41) is 0. The molecule has 0 bridgehead atoms. The molecule has 0 aliphatic heterocycles. The van der Waals surface area contributed by atoms with Crippen LogP contribution >= 0.6 is 23.1 Å². The predicted molar refractivity (Wildman–Crippen MR) is 111 cm³/mol. The molecule has 0 aliphatic carbocycles. The number of ether oxygens (including phenoxy) is 1. The number of benzene rings is 1. The van der Waals surface area contributed by atoms with Gasteiger partial charge >= 0.3 is 0 Å². The maximum atomic E-state index is 12.4. The van der Waals surface area contributed by atoms with Crippen molar-refractivity contribution in [2.45, 2.75) is 24.1 Å². The maximum absolute atomic E-state index is 12.4. The molecule has 0 amide bonds. The van der Waals surface area contributed by atoms with E-state index in [1.165, 1.54) is 9.09 Å². The summed E-state index contributed by atoms with van der Waals surface area (Å²) in [6.07, 6.45) is 4.69. The van der Waals surface area contributed by atoms with Gasteiger partial charge < -0.3 is 15.0 Å². The molecule has 26 heavy (non-hydrogen) atoms. The Hall–Kier alpha value is -2.18. The molecule has 2 heterocycles. The number of hydrogen-bond donors (Lipinski definition) is 1. The second-order valence-corrected chi connectivity index (χ2v) is 8.26. The summed E-state index contributed by atoms with van der Waals surface area (Å²) in [7, 11) is 0. The largest absolute Gasteiger partial charge is 0.493 e. The third kappa shape index (κ3) is 4.51. The first-order valence-electron chi connectivity index (χ1n) is 8.37. The molecule has 6 heteroatoms. The average molecular weight is 387 g/mol. The van der Waals surface area contributed by atoms with Crippen LogP contribution in [0, 0.1) is 6.92 Å². The molecule has 4 nitrogen and oxygen atoms in total. The van der Waals surface area contributed by atoms with Crippen molar-refractivity contribution in [3.05, 3.63) is 75.0 Å². The number of aromatic nitrogens is 1. The van der Waals surface area contributed by atoms with Crippen LogP contribution in [0.25, 0.3) is 0 Å². The van der Waals surface area contributed by atoms with E-state index >= 15 is 0 Å². The Morgan fingerprint density at radius 1 is 1.23 bits per heavy atom. The van der Waals surface area contributed by atoms with Crippen molar-refractivity contribution < 1.29 is 4.74 Å². The molecule has 3 aromatic rings. The normalized spacial score (nSPS) is 10.8. The number of anilines is 1. The number of nitrogen functional groups attached to an aromatic ring is 1. The van der Waals surface area contributed by atoms with Gasteiger partial charge in [-0.25, -0.2) is 0 Å². The summed E-state index contributed by atoms with van der Waals surface area (Å²) in [5.41, 5.74) is 8.67. The molecule has 0 saturated heterocycles. The van der Waals surface area contributed by atoms with Crippen molar-refractivity contribution in [3.63, 3.8) is 0 Å². The smallest absolute Gasteiger partial charge is 0.254 e. The number of thioether (sulfide) groups is 1. The van der Waals surface area contributed by atoms with Gasteiger partial charge in [-0.3, -0.25) is 4.79 Å². The van der Waals surface area contributed by atoms with Crippen LogP contribution in [-0.4, -0.2) is 17.4 Å². The molecule has 0 unspecified atom stereocenters. The third-order valence-corrected chi connectivity index (χ3v) is 6.48. The van der Waals surface area contributed by atoms with Crippen molar-refractivity contribution in [1.82, 2.24) is 4.57 Å². The minimum absolute atomic E-state index is 0.0786. The van der Waals surface area contributed by atoms with E-state index in [-0.39, 0.29) is 5.56 Å². The molecule has 2 aromatic heterocycles. The highest BCUT2D eigenvalue weighted by Crippen LogP contribution is 2.25. The van der Waals surface area contributed by atoms with Gasteiger partial charge in [0.2, 0.25) is 0 Å². The minimum atomic E-state index is -0.0786. The lowest BCUT2D eigenvalue weighted by Gasteiger charge is -2.11. The summed E-state index contributed by atoms with van der Waals surface area (Å²) < 4.78 is 8.72. The van der Waals surface area contributed by atoms with Crippen LogP contribution in [0.4, 0.5) is 5.69 Å². The van der Waals surface area contributed by atoms with Crippen molar-refractivity contribution in [2.75, 3.05) is 18.6 Å². The molecule has 0 fully saturated rings. The molecule has 0 atom stereocenters. The Balaban J connectivity index is 1.62. The molecular formula is C20H22N2O2S2. The van der Waals surface area contributed by atoms with Gasteiger partial charge in [0.05, 0.1) is 17.4 Å². The van der Waals surface area contributed by atoms with Crippen LogP contribution in [0.5, 0.6) is 5.75 Å². The van der Waals surface area contributed by atoms with Gasteiger partial charge in [-0.15, -0.1) is 23.1 Å². The third-order valence-electron chi connectivity index (χ3n) is 4.25. The average Bonchev–Trinajstić information content (AvgIpc) is 3.09. The van der Waals surface area contributed by atoms with Crippen LogP contribution < -0.4 is 16.0 Å². The monoisotopic (exact) mass is 386 g/mol. The van der Waals surface area contributed by atoms with Gasteiger partial charge in [0.1, 0.15) is 5.75 Å². The van der Waals surface area contributed by atoms with Crippen LogP contribution in [0.3, 0.4) is 0 Å². The molecule has 0 aliphatic rings. The van der Waals surface area contributed by atoms with Gasteiger partial charge in [0, 0.05) is 29.2 Å². The fourth-order valence-electron chi connectivity index (χ4n) is 2.64. The molecule has 136 valence electrons. The second-order valence-electron chi connectivity index (χ2n) is 5.98. The highest BCUT2D eigenvalue weighted by molar-refractivity contribution is 8.00. The van der Waals surface area contributed by atoms with Gasteiger partial charge in [-0.05, 0) is 48.6 Å². The second kappa shape index (κ2) is 8.47. The zero-order valence-electron chi connectivity index (χ0n) is 14.9. The van der Waals surface area contributed by atoms with Crippen molar-refractivity contribution in [1.29, 1.82) is 0 Å². The van der Waals surface area contributed by atoms with Crippen molar-refractivity contribution in [3.8, 4) is 5.75 Å². The zero-order valence-corrected chi connectivity index (χ0v) is 16.5. The Kier molecular flexibility index (Phi) is 6.06. The van der Waals surface area contributed by atoms with Gasteiger partial charge in [-0.1, -0.05) is 12.1 Å². The van der Waals surface area contributed by atoms with E-state index in [4.69, 9.17) is 10.5 Å². The first kappa shape index (κ1) is 18.6. The van der Waals surface area contributed by atoms with E-state index in [9.17, 15) is 4.79 Å². The summed E-state index contributed by atoms with van der Waals surface area (Å²) >= 11 is 3.54. The first-order valence-corrected chi connectivity index (χ1v) is 10.4. The molecule has 3 rings (SSSR count). The van der Waals surface area contributed by atoms with E-state index in [0.29, 0.717) is 18.9 Å². The standard InChI is InChI=1S/C20H22N2O2S2/c1-14-15(4-3-5-18(14)21)13-22-10-8-16(12-19(22)23)24-11-9-17-6-7-20(25-2)26-17/h3-8,10,12H,9,11,13,21H2,1-2H3. The highest BCUT2D eigenvalue weighted by Gasteiger charge is 2.05. The number of pyridine rings is 1. The fraction of sp³-hybridized carbons (Fsp3) is 0.250. The van der Waals surface area contributed by atoms with Crippen LogP contribution in [0.15, 0.2) is 57.7 Å². The highest BCUT2D eigenvalue weighted by atomic mass is 32.2. The summed E-state index contributed by atoms with van der Waals surface area (Å²) in [6.45, 7) is 3.04. The van der Waals surface area contributed by atoms with Crippen molar-refractivity contribution >= 4 is 28.8 Å². The molecule has 2 N–H and O–H groups in total.